The number of H-pyrrole nitrogens is 1. The minimum atomic E-state index is -0.382. The molecule has 0 radical (unpaired) electrons. The number of fused-ring (bicyclic) bond motifs is 3. The minimum Gasteiger partial charge on any atom is -0.320 e. The minimum absolute atomic E-state index is 0.238. The molecule has 0 atom stereocenters. The van der Waals surface area contributed by atoms with Crippen LogP contribution >= 0.6 is 23.2 Å². The highest BCUT2D eigenvalue weighted by Gasteiger charge is 2.17. The maximum atomic E-state index is 12.7. The quantitative estimate of drug-likeness (QED) is 0.522. The van der Waals surface area contributed by atoms with E-state index in [1.165, 1.54) is 0 Å². The van der Waals surface area contributed by atoms with Gasteiger partial charge in [0.25, 0.3) is 5.91 Å². The lowest BCUT2D eigenvalue weighted by atomic mass is 10.1. The summed E-state index contributed by atoms with van der Waals surface area (Å²) in [5.74, 6) is -0.382. The lowest BCUT2D eigenvalue weighted by Crippen LogP contribution is -2.13. The van der Waals surface area contributed by atoms with Gasteiger partial charge in [-0.25, -0.2) is 0 Å². The summed E-state index contributed by atoms with van der Waals surface area (Å²) < 4.78 is 0. The lowest BCUT2D eigenvalue weighted by Gasteiger charge is -2.12. The van der Waals surface area contributed by atoms with Gasteiger partial charge in [-0.2, -0.15) is 5.10 Å². The zero-order valence-corrected chi connectivity index (χ0v) is 14.6. The number of aromatic nitrogens is 3. The van der Waals surface area contributed by atoms with Crippen molar-refractivity contribution in [2.24, 2.45) is 0 Å². The van der Waals surface area contributed by atoms with Gasteiger partial charge in [-0.1, -0.05) is 35.3 Å². The molecule has 0 saturated heterocycles. The van der Waals surface area contributed by atoms with Gasteiger partial charge >= 0.3 is 0 Å². The average Bonchev–Trinajstić information content (AvgIpc) is 3.05. The Morgan fingerprint density at radius 3 is 2.64 bits per heavy atom. The van der Waals surface area contributed by atoms with Crippen LogP contribution in [-0.2, 0) is 0 Å². The summed E-state index contributed by atoms with van der Waals surface area (Å²) >= 11 is 12.2. The monoisotopic (exact) mass is 370 g/mol. The summed E-state index contributed by atoms with van der Waals surface area (Å²) in [5.41, 5.74) is 3.41. The van der Waals surface area contributed by atoms with E-state index < -0.39 is 0 Å². The van der Waals surface area contributed by atoms with Crippen LogP contribution in [-0.4, -0.2) is 21.1 Å². The highest BCUT2D eigenvalue weighted by Crippen LogP contribution is 2.31. The lowest BCUT2D eigenvalue weighted by molar-refractivity contribution is 0.102. The number of carbonyl (C=O) groups is 1. The van der Waals surface area contributed by atoms with Gasteiger partial charge in [0.15, 0.2) is 0 Å². The molecule has 0 saturated carbocycles. The van der Waals surface area contributed by atoms with E-state index in [1.807, 2.05) is 19.1 Å². The van der Waals surface area contributed by atoms with Crippen molar-refractivity contribution in [1.82, 2.24) is 15.2 Å². The third-order valence-corrected chi connectivity index (χ3v) is 4.71. The molecule has 2 heterocycles. The molecule has 25 heavy (non-hydrogen) atoms. The van der Waals surface area contributed by atoms with Crippen molar-refractivity contribution in [3.63, 3.8) is 0 Å². The molecular formula is C18H12Cl2N4O. The normalized spacial score (nSPS) is 11.2. The Balaban J connectivity index is 1.85. The van der Waals surface area contributed by atoms with E-state index in [2.05, 4.69) is 20.5 Å². The number of pyridine rings is 1. The first-order valence-corrected chi connectivity index (χ1v) is 8.28. The van der Waals surface area contributed by atoms with E-state index in [9.17, 15) is 4.79 Å². The molecule has 0 aliphatic carbocycles. The van der Waals surface area contributed by atoms with Gasteiger partial charge in [-0.3, -0.25) is 14.9 Å². The zero-order valence-electron chi connectivity index (χ0n) is 13.1. The molecule has 2 aromatic heterocycles. The van der Waals surface area contributed by atoms with Crippen molar-refractivity contribution in [3.8, 4) is 0 Å². The number of aromatic amines is 1. The fourth-order valence-electron chi connectivity index (χ4n) is 2.87. The second kappa shape index (κ2) is 6.02. The molecule has 2 aromatic carbocycles. The van der Waals surface area contributed by atoms with Crippen LogP contribution in [0.1, 0.15) is 15.9 Å². The third kappa shape index (κ3) is 2.62. The fraction of sp³-hybridized carbons (Fsp3) is 0.0556. The van der Waals surface area contributed by atoms with Crippen molar-refractivity contribution < 1.29 is 4.79 Å². The van der Waals surface area contributed by atoms with Gasteiger partial charge in [0, 0.05) is 17.0 Å². The van der Waals surface area contributed by atoms with Crippen LogP contribution in [0.25, 0.3) is 21.8 Å². The van der Waals surface area contributed by atoms with Crippen molar-refractivity contribution in [3.05, 3.63) is 63.9 Å². The van der Waals surface area contributed by atoms with E-state index in [0.29, 0.717) is 21.2 Å². The highest BCUT2D eigenvalue weighted by molar-refractivity contribution is 6.40. The van der Waals surface area contributed by atoms with Crippen LogP contribution in [0.5, 0.6) is 0 Å². The smallest absolute Gasteiger partial charge is 0.258 e. The number of carbonyl (C=O) groups excluding carboxylic acids is 1. The van der Waals surface area contributed by atoms with Crippen LogP contribution in [0.4, 0.5) is 5.69 Å². The molecule has 4 rings (SSSR count). The summed E-state index contributed by atoms with van der Waals surface area (Å²) in [6.07, 6.45) is 3.44. The van der Waals surface area contributed by atoms with Crippen LogP contribution < -0.4 is 5.32 Å². The summed E-state index contributed by atoms with van der Waals surface area (Å²) in [6, 6.07) is 8.69. The number of amides is 1. The van der Waals surface area contributed by atoms with Crippen LogP contribution in [0.15, 0.2) is 42.7 Å². The van der Waals surface area contributed by atoms with E-state index in [4.69, 9.17) is 23.2 Å². The number of benzene rings is 2. The summed E-state index contributed by atoms with van der Waals surface area (Å²) in [7, 11) is 0. The number of hydrogen-bond donors (Lipinski definition) is 2. The van der Waals surface area contributed by atoms with Crippen LogP contribution in [0, 0.1) is 6.92 Å². The standard InChI is InChI=1S/C18H12Cl2N4O/c1-9-5-6-13(17-14(9)16-10(7-21-17)8-22-24-16)23-18(25)15-11(19)3-2-4-12(15)20/h2-8H,1H3,(H,22,24)(H,23,25). The molecule has 0 fully saturated rings. The first kappa shape index (κ1) is 15.9. The number of anilines is 1. The van der Waals surface area contributed by atoms with Crippen molar-refractivity contribution >= 4 is 56.6 Å². The largest absolute Gasteiger partial charge is 0.320 e. The van der Waals surface area contributed by atoms with Crippen LogP contribution in [0.3, 0.4) is 0 Å². The molecule has 1 amide bonds. The molecular weight excluding hydrogens is 359 g/mol. The number of nitrogens with one attached hydrogen (secondary N) is 2. The first-order chi connectivity index (χ1) is 12.1. The zero-order chi connectivity index (χ0) is 17.6. The number of halogens is 2. The molecule has 0 unspecified atom stereocenters. The molecule has 0 bridgehead atoms. The molecule has 0 aliphatic heterocycles. The predicted octanol–water partition coefficient (Wildman–Crippen LogP) is 4.98. The van der Waals surface area contributed by atoms with Crippen molar-refractivity contribution in [2.75, 3.05) is 5.32 Å². The average molecular weight is 371 g/mol. The van der Waals surface area contributed by atoms with Gasteiger partial charge in [-0.15, -0.1) is 0 Å². The number of nitrogens with zero attached hydrogens (tertiary/aromatic N) is 2. The number of rotatable bonds is 2. The second-order valence-corrected chi connectivity index (χ2v) is 6.48. The van der Waals surface area contributed by atoms with Crippen LogP contribution in [0.2, 0.25) is 10.0 Å². The molecule has 7 heteroatoms. The molecule has 4 aromatic rings. The van der Waals surface area contributed by atoms with Gasteiger partial charge in [-0.05, 0) is 30.7 Å². The predicted molar refractivity (Wildman–Crippen MR) is 101 cm³/mol. The Morgan fingerprint density at radius 2 is 1.88 bits per heavy atom. The summed E-state index contributed by atoms with van der Waals surface area (Å²) in [6.45, 7) is 1.99. The van der Waals surface area contributed by atoms with Gasteiger partial charge in [0.1, 0.15) is 0 Å². The SMILES string of the molecule is Cc1ccc(NC(=O)c2c(Cl)cccc2Cl)c2ncc3cn[nH]c3c12. The molecule has 0 aliphatic rings. The fourth-order valence-corrected chi connectivity index (χ4v) is 3.44. The summed E-state index contributed by atoms with van der Waals surface area (Å²) in [4.78, 5) is 17.2. The van der Waals surface area contributed by atoms with E-state index in [-0.39, 0.29) is 11.5 Å². The number of aryl methyl sites for hydroxylation is 1. The number of hydrogen-bond acceptors (Lipinski definition) is 3. The topological polar surface area (TPSA) is 70.7 Å². The Labute approximate surface area is 153 Å². The molecule has 5 nitrogen and oxygen atoms in total. The maximum Gasteiger partial charge on any atom is 0.258 e. The first-order valence-electron chi connectivity index (χ1n) is 7.53. The van der Waals surface area contributed by atoms with E-state index >= 15 is 0 Å². The Bertz CT molecular complexity index is 1120. The third-order valence-electron chi connectivity index (χ3n) is 4.08. The maximum absolute atomic E-state index is 12.7. The van der Waals surface area contributed by atoms with E-state index in [0.717, 1.165) is 21.9 Å². The molecule has 0 spiro atoms. The van der Waals surface area contributed by atoms with Crippen molar-refractivity contribution in [2.45, 2.75) is 6.92 Å². The van der Waals surface area contributed by atoms with E-state index in [1.54, 1.807) is 30.6 Å². The second-order valence-electron chi connectivity index (χ2n) is 5.66. The highest BCUT2D eigenvalue weighted by atomic mass is 35.5. The van der Waals surface area contributed by atoms with Crippen molar-refractivity contribution in [1.29, 1.82) is 0 Å². The van der Waals surface area contributed by atoms with Gasteiger partial charge < -0.3 is 5.32 Å². The molecule has 2 N–H and O–H groups in total. The Kier molecular flexibility index (Phi) is 3.82. The Hall–Kier alpha value is -2.63. The Morgan fingerprint density at radius 1 is 1.12 bits per heavy atom. The summed E-state index contributed by atoms with van der Waals surface area (Å²) in [5, 5.41) is 12.3. The van der Waals surface area contributed by atoms with Gasteiger partial charge in [0.2, 0.25) is 0 Å². The molecule has 124 valence electrons. The van der Waals surface area contributed by atoms with Gasteiger partial charge in [0.05, 0.1) is 38.5 Å².